The Bertz CT molecular complexity index is 772. The predicted molar refractivity (Wildman–Crippen MR) is 58.8 cm³/mol. The molecule has 2 N–H and O–H groups in total. The zero-order chi connectivity index (χ0) is 16.6. The largest absolute Gasteiger partial charge is 0.512 e. The average Bonchev–Trinajstić information content (AvgIpc) is 1.88. The number of alkyl halides is 3. The van der Waals surface area contributed by atoms with Crippen LogP contribution in [0.25, 0.3) is 0 Å². The molecule has 0 aromatic carbocycles. The minimum Gasteiger partial charge on any atom is -0.212 e. The van der Waals surface area contributed by atoms with Crippen molar-refractivity contribution in [3.8, 4) is 0 Å². The van der Waals surface area contributed by atoms with Crippen LogP contribution in [0.15, 0.2) is 0 Å². The molecule has 0 heterocycles. The highest BCUT2D eigenvalue weighted by Crippen LogP contribution is 2.22. The van der Waals surface area contributed by atoms with Gasteiger partial charge in [-0.25, -0.2) is 33.7 Å². The van der Waals surface area contributed by atoms with E-state index in [1.807, 2.05) is 0 Å². The Morgan fingerprint density at radius 1 is 0.800 bits per heavy atom. The van der Waals surface area contributed by atoms with E-state index in [1.54, 1.807) is 0 Å². The topological polar surface area (TPSA) is 161 Å². The zero-order valence-corrected chi connectivity index (χ0v) is 12.5. The number of hydrogen-bond acceptors (Lipinski definition) is 8. The van der Waals surface area contributed by atoms with E-state index in [1.165, 1.54) is 0 Å². The van der Waals surface area contributed by atoms with Gasteiger partial charge in [0.25, 0.3) is 0 Å². The molecular weight excluding hydrogens is 377 g/mol. The second kappa shape index (κ2) is 5.37. The minimum absolute atomic E-state index is 0.120. The van der Waals surface area contributed by atoms with Gasteiger partial charge in [-0.15, -0.1) is 8.25 Å². The van der Waals surface area contributed by atoms with Crippen molar-refractivity contribution in [3.05, 3.63) is 0 Å². The molecule has 0 bridgehead atoms. The fourth-order valence-electron chi connectivity index (χ4n) is 0.697. The molecule has 122 valence electrons. The maximum atomic E-state index is 11.9. The molecule has 0 spiro atoms. The van der Waals surface area contributed by atoms with Crippen LogP contribution < -0.4 is 8.25 Å². The number of nitrogens with one attached hydrogen (secondary N) is 2. The first-order valence-corrected chi connectivity index (χ1v) is 10.6. The quantitative estimate of drug-likeness (QED) is 0.512. The summed E-state index contributed by atoms with van der Waals surface area (Å²) in [5.74, 6) is 0. The van der Waals surface area contributed by atoms with Gasteiger partial charge in [0.15, 0.2) is 5.08 Å². The maximum Gasteiger partial charge on any atom is 0.512 e. The molecule has 0 aliphatic heterocycles. The highest BCUT2D eigenvalue weighted by molar-refractivity contribution is 8.15. The van der Waals surface area contributed by atoms with Crippen LogP contribution in [0.4, 0.5) is 13.2 Å². The highest BCUT2D eigenvalue weighted by Gasteiger charge is 2.48. The number of rotatable bonds is 6. The molecule has 0 saturated heterocycles. The standard InChI is InChI=1S/C3H7F3N2O8S4/c1-17(9,10)7-18(11,12)2-19(13,14)8-20(15,16)3(4,5)6/h7-8H,2H2,1H3. The third-order valence-electron chi connectivity index (χ3n) is 1.13. The molecule has 0 amide bonds. The minimum atomic E-state index is -6.35. The number of sulfonamides is 4. The van der Waals surface area contributed by atoms with Gasteiger partial charge in [0.2, 0.25) is 30.1 Å². The van der Waals surface area contributed by atoms with Crippen molar-refractivity contribution < 1.29 is 46.8 Å². The lowest BCUT2D eigenvalue weighted by atomic mass is 11.6. The molecule has 10 nitrogen and oxygen atoms in total. The summed E-state index contributed by atoms with van der Waals surface area (Å²) in [6, 6.07) is 0. The molecular formula is C3H7F3N2O8S4. The Balaban J connectivity index is 5.34. The Labute approximate surface area is 112 Å². The summed E-state index contributed by atoms with van der Waals surface area (Å²) in [6.45, 7) is 0. The van der Waals surface area contributed by atoms with E-state index in [9.17, 15) is 46.8 Å². The van der Waals surface area contributed by atoms with Gasteiger partial charge in [0.05, 0.1) is 6.26 Å². The molecule has 0 aromatic heterocycles. The molecule has 0 aliphatic rings. The van der Waals surface area contributed by atoms with E-state index in [4.69, 9.17) is 0 Å². The van der Waals surface area contributed by atoms with Crippen molar-refractivity contribution in [3.63, 3.8) is 0 Å². The van der Waals surface area contributed by atoms with Crippen LogP contribution >= 0.6 is 0 Å². The summed E-state index contributed by atoms with van der Waals surface area (Å²) in [7, 11) is -21.4. The first kappa shape index (κ1) is 19.5. The lowest BCUT2D eigenvalue weighted by Gasteiger charge is -2.10. The van der Waals surface area contributed by atoms with E-state index in [0.717, 1.165) is 4.13 Å². The summed E-state index contributed by atoms with van der Waals surface area (Å²) in [4.78, 5) is 0. The van der Waals surface area contributed by atoms with Crippen molar-refractivity contribution in [1.82, 2.24) is 8.25 Å². The van der Waals surface area contributed by atoms with Crippen LogP contribution in [0.1, 0.15) is 0 Å². The molecule has 0 rings (SSSR count). The molecule has 0 atom stereocenters. The second-order valence-electron chi connectivity index (χ2n) is 3.24. The van der Waals surface area contributed by atoms with E-state index >= 15 is 0 Å². The fourth-order valence-corrected chi connectivity index (χ4v) is 7.14. The van der Waals surface area contributed by atoms with Crippen LogP contribution in [0.2, 0.25) is 0 Å². The Hall–Kier alpha value is -0.490. The van der Waals surface area contributed by atoms with E-state index in [-0.39, 0.29) is 4.13 Å². The molecule has 0 aromatic rings. The lowest BCUT2D eigenvalue weighted by Crippen LogP contribution is -2.44. The lowest BCUT2D eigenvalue weighted by molar-refractivity contribution is -0.0441. The Morgan fingerprint density at radius 2 is 1.15 bits per heavy atom. The zero-order valence-electron chi connectivity index (χ0n) is 9.24. The Morgan fingerprint density at radius 3 is 1.45 bits per heavy atom. The van der Waals surface area contributed by atoms with Gasteiger partial charge < -0.3 is 0 Å². The summed E-state index contributed by atoms with van der Waals surface area (Å²) in [6.07, 6.45) is 0.330. The van der Waals surface area contributed by atoms with Crippen LogP contribution in [0.5, 0.6) is 0 Å². The molecule has 0 saturated carbocycles. The van der Waals surface area contributed by atoms with Crippen molar-refractivity contribution in [2.45, 2.75) is 5.51 Å². The maximum absolute atomic E-state index is 11.9. The van der Waals surface area contributed by atoms with E-state index in [0.29, 0.717) is 6.26 Å². The van der Waals surface area contributed by atoms with Gasteiger partial charge in [-0.05, 0) is 0 Å². The summed E-state index contributed by atoms with van der Waals surface area (Å²) < 4.78 is 123. The van der Waals surface area contributed by atoms with Crippen molar-refractivity contribution in [2.24, 2.45) is 0 Å². The van der Waals surface area contributed by atoms with E-state index < -0.39 is 50.7 Å². The molecule has 0 aliphatic carbocycles. The molecule has 20 heavy (non-hydrogen) atoms. The molecule has 0 fully saturated rings. The molecule has 17 heteroatoms. The first-order chi connectivity index (χ1) is 8.37. The SMILES string of the molecule is CS(=O)(=O)NS(=O)(=O)CS(=O)(=O)NS(=O)(=O)C(F)(F)F. The monoisotopic (exact) mass is 384 g/mol. The van der Waals surface area contributed by atoms with Crippen molar-refractivity contribution >= 4 is 40.1 Å². The average molecular weight is 384 g/mol. The third-order valence-corrected chi connectivity index (χ3v) is 8.34. The number of halogens is 3. The van der Waals surface area contributed by atoms with Gasteiger partial charge in [0.1, 0.15) is 0 Å². The molecule has 0 radical (unpaired) electrons. The van der Waals surface area contributed by atoms with Crippen LogP contribution in [-0.4, -0.2) is 50.5 Å². The van der Waals surface area contributed by atoms with Crippen LogP contribution in [0.3, 0.4) is 0 Å². The second-order valence-corrected chi connectivity index (χ2v) is 11.0. The van der Waals surface area contributed by atoms with Crippen molar-refractivity contribution in [2.75, 3.05) is 11.3 Å². The van der Waals surface area contributed by atoms with Gasteiger partial charge in [-0.2, -0.15) is 13.2 Å². The summed E-state index contributed by atoms with van der Waals surface area (Å²) >= 11 is 0. The number of hydrogen-bond donors (Lipinski definition) is 2. The third kappa shape index (κ3) is 6.79. The summed E-state index contributed by atoms with van der Waals surface area (Å²) in [5, 5.41) is -2.23. The fraction of sp³-hybridized carbons (Fsp3) is 1.00. The summed E-state index contributed by atoms with van der Waals surface area (Å²) in [5.41, 5.74) is -5.99. The van der Waals surface area contributed by atoms with Gasteiger partial charge >= 0.3 is 15.5 Å². The smallest absolute Gasteiger partial charge is 0.212 e. The van der Waals surface area contributed by atoms with Crippen LogP contribution in [-0.2, 0) is 40.1 Å². The first-order valence-electron chi connectivity index (χ1n) is 3.91. The van der Waals surface area contributed by atoms with Crippen molar-refractivity contribution in [1.29, 1.82) is 0 Å². The van der Waals surface area contributed by atoms with E-state index in [2.05, 4.69) is 0 Å². The van der Waals surface area contributed by atoms with Gasteiger partial charge in [-0.3, -0.25) is 0 Å². The van der Waals surface area contributed by atoms with Crippen LogP contribution in [0, 0.1) is 0 Å². The van der Waals surface area contributed by atoms with Gasteiger partial charge in [-0.1, -0.05) is 0 Å². The normalized spacial score (nSPS) is 15.2. The highest BCUT2D eigenvalue weighted by atomic mass is 32.3. The predicted octanol–water partition coefficient (Wildman–Crippen LogP) is -2.41. The van der Waals surface area contributed by atoms with Gasteiger partial charge in [0, 0.05) is 0 Å². The molecule has 0 unspecified atom stereocenters. The Kier molecular flexibility index (Phi) is 5.24.